The predicted octanol–water partition coefficient (Wildman–Crippen LogP) is 4.58. The van der Waals surface area contributed by atoms with Crippen molar-refractivity contribution in [3.8, 4) is 0 Å². The highest BCUT2D eigenvalue weighted by atomic mass is 79.9. The first kappa shape index (κ1) is 12.1. The number of halogens is 2. The predicted molar refractivity (Wildman–Crippen MR) is 75.0 cm³/mol. The minimum atomic E-state index is 0.294. The molecule has 0 fully saturated rings. The Hall–Kier alpha value is -1.00. The van der Waals surface area contributed by atoms with Crippen LogP contribution in [-0.4, -0.2) is 4.98 Å². The average Bonchev–Trinajstić information content (AvgIpc) is 2.83. The molecule has 1 unspecified atom stereocenters. The van der Waals surface area contributed by atoms with E-state index in [0.717, 1.165) is 35.2 Å². The van der Waals surface area contributed by atoms with Crippen molar-refractivity contribution in [3.63, 3.8) is 0 Å². The topological polar surface area (TPSA) is 38.1 Å². The zero-order valence-electron chi connectivity index (χ0n) is 9.62. The van der Waals surface area contributed by atoms with Crippen molar-refractivity contribution in [1.82, 2.24) is 4.98 Å². The Balaban J connectivity index is 1.84. The maximum atomic E-state index is 5.89. The monoisotopic (exact) mass is 326 g/mol. The van der Waals surface area contributed by atoms with E-state index in [0.29, 0.717) is 11.2 Å². The van der Waals surface area contributed by atoms with Gasteiger partial charge in [0.2, 0.25) is 0 Å². The summed E-state index contributed by atoms with van der Waals surface area (Å²) in [5.74, 6) is 1.10. The SMILES string of the molecule is Clc1ncc(NC2CCCc3occc32)cc1Br. The number of aryl methyl sites for hydroxylation is 1. The van der Waals surface area contributed by atoms with E-state index in [1.54, 1.807) is 12.5 Å². The molecule has 0 aliphatic heterocycles. The fourth-order valence-corrected chi connectivity index (χ4v) is 2.79. The second kappa shape index (κ2) is 4.94. The lowest BCUT2D eigenvalue weighted by Gasteiger charge is -2.23. The number of rotatable bonds is 2. The number of anilines is 1. The molecule has 0 aromatic carbocycles. The Morgan fingerprint density at radius 1 is 1.50 bits per heavy atom. The van der Waals surface area contributed by atoms with Gasteiger partial charge in [-0.15, -0.1) is 0 Å². The van der Waals surface area contributed by atoms with Gasteiger partial charge in [-0.2, -0.15) is 0 Å². The highest BCUT2D eigenvalue weighted by molar-refractivity contribution is 9.10. The zero-order chi connectivity index (χ0) is 12.5. The van der Waals surface area contributed by atoms with E-state index in [-0.39, 0.29) is 0 Å². The van der Waals surface area contributed by atoms with Crippen molar-refractivity contribution in [2.45, 2.75) is 25.3 Å². The number of furan rings is 1. The zero-order valence-corrected chi connectivity index (χ0v) is 12.0. The van der Waals surface area contributed by atoms with Crippen molar-refractivity contribution in [2.24, 2.45) is 0 Å². The van der Waals surface area contributed by atoms with Gasteiger partial charge in [-0.25, -0.2) is 4.98 Å². The van der Waals surface area contributed by atoms with Gasteiger partial charge in [-0.3, -0.25) is 0 Å². The number of fused-ring (bicyclic) bond motifs is 1. The van der Waals surface area contributed by atoms with Crippen LogP contribution >= 0.6 is 27.5 Å². The van der Waals surface area contributed by atoms with Crippen LogP contribution < -0.4 is 5.32 Å². The highest BCUT2D eigenvalue weighted by Gasteiger charge is 2.22. The first-order valence-electron chi connectivity index (χ1n) is 5.88. The van der Waals surface area contributed by atoms with Gasteiger partial charge in [0.15, 0.2) is 0 Å². The van der Waals surface area contributed by atoms with Crippen LogP contribution in [0.3, 0.4) is 0 Å². The molecule has 0 saturated heterocycles. The van der Waals surface area contributed by atoms with E-state index in [4.69, 9.17) is 16.0 Å². The van der Waals surface area contributed by atoms with Gasteiger partial charge in [0.1, 0.15) is 10.9 Å². The summed E-state index contributed by atoms with van der Waals surface area (Å²) in [7, 11) is 0. The third-order valence-electron chi connectivity index (χ3n) is 3.19. The van der Waals surface area contributed by atoms with Crippen LogP contribution in [0.2, 0.25) is 5.15 Å². The van der Waals surface area contributed by atoms with Crippen LogP contribution in [0.1, 0.15) is 30.2 Å². The first-order valence-corrected chi connectivity index (χ1v) is 7.05. The molecule has 2 aromatic rings. The number of nitrogens with zero attached hydrogens (tertiary/aromatic N) is 1. The highest BCUT2D eigenvalue weighted by Crippen LogP contribution is 2.34. The van der Waals surface area contributed by atoms with Crippen molar-refractivity contribution < 1.29 is 4.42 Å². The van der Waals surface area contributed by atoms with Crippen molar-refractivity contribution in [3.05, 3.63) is 45.5 Å². The summed E-state index contributed by atoms with van der Waals surface area (Å²) in [6.45, 7) is 0. The standard InChI is InChI=1S/C13H12BrClN2O/c14-10-6-8(7-16-13(10)15)17-11-2-1-3-12-9(11)4-5-18-12/h4-7,11,17H,1-3H2. The third kappa shape index (κ3) is 2.27. The maximum absolute atomic E-state index is 5.89. The minimum Gasteiger partial charge on any atom is -0.469 e. The van der Waals surface area contributed by atoms with Crippen molar-refractivity contribution >= 4 is 33.2 Å². The number of pyridine rings is 1. The first-order chi connectivity index (χ1) is 8.74. The number of hydrogen-bond acceptors (Lipinski definition) is 3. The van der Waals surface area contributed by atoms with Crippen molar-refractivity contribution in [2.75, 3.05) is 5.32 Å². The van der Waals surface area contributed by atoms with E-state index in [1.807, 2.05) is 12.1 Å². The Morgan fingerprint density at radius 2 is 2.39 bits per heavy atom. The fraction of sp³-hybridized carbons (Fsp3) is 0.308. The van der Waals surface area contributed by atoms with Gasteiger partial charge in [0.25, 0.3) is 0 Å². The molecule has 0 spiro atoms. The second-order valence-electron chi connectivity index (χ2n) is 4.38. The van der Waals surface area contributed by atoms with E-state index < -0.39 is 0 Å². The molecule has 5 heteroatoms. The molecule has 0 radical (unpaired) electrons. The molecule has 1 atom stereocenters. The number of nitrogens with one attached hydrogen (secondary N) is 1. The van der Waals surface area contributed by atoms with Crippen LogP contribution in [0.25, 0.3) is 0 Å². The fourth-order valence-electron chi connectivity index (χ4n) is 2.34. The molecule has 18 heavy (non-hydrogen) atoms. The molecular weight excluding hydrogens is 316 g/mol. The molecule has 1 aliphatic rings. The van der Waals surface area contributed by atoms with Gasteiger partial charge in [-0.05, 0) is 40.9 Å². The quantitative estimate of drug-likeness (QED) is 0.820. The second-order valence-corrected chi connectivity index (χ2v) is 5.60. The molecule has 0 saturated carbocycles. The van der Waals surface area contributed by atoms with E-state index in [9.17, 15) is 0 Å². The van der Waals surface area contributed by atoms with Crippen LogP contribution in [0, 0.1) is 0 Å². The Labute approximate surface area is 119 Å². The van der Waals surface area contributed by atoms with Gasteiger partial charge in [-0.1, -0.05) is 11.6 Å². The Kier molecular flexibility index (Phi) is 3.31. The molecule has 1 aliphatic carbocycles. The third-order valence-corrected chi connectivity index (χ3v) is 4.32. The maximum Gasteiger partial charge on any atom is 0.143 e. The van der Waals surface area contributed by atoms with Gasteiger partial charge in [0, 0.05) is 12.0 Å². The molecule has 2 heterocycles. The van der Waals surface area contributed by atoms with E-state index in [2.05, 4.69) is 26.2 Å². The van der Waals surface area contributed by atoms with E-state index in [1.165, 1.54) is 5.56 Å². The van der Waals surface area contributed by atoms with Gasteiger partial charge >= 0.3 is 0 Å². The lowest BCUT2D eigenvalue weighted by Crippen LogP contribution is -2.16. The summed E-state index contributed by atoms with van der Waals surface area (Å²) in [6, 6.07) is 4.29. The minimum absolute atomic E-state index is 0.294. The molecule has 1 N–H and O–H groups in total. The smallest absolute Gasteiger partial charge is 0.143 e. The molecule has 0 bridgehead atoms. The Morgan fingerprint density at radius 3 is 3.22 bits per heavy atom. The van der Waals surface area contributed by atoms with E-state index >= 15 is 0 Å². The molecule has 3 nitrogen and oxygen atoms in total. The summed E-state index contributed by atoms with van der Waals surface area (Å²) >= 11 is 9.27. The summed E-state index contributed by atoms with van der Waals surface area (Å²) in [5, 5.41) is 3.96. The summed E-state index contributed by atoms with van der Waals surface area (Å²) in [6.07, 6.45) is 6.79. The lowest BCUT2D eigenvalue weighted by atomic mass is 9.93. The number of aromatic nitrogens is 1. The normalized spacial score (nSPS) is 18.4. The van der Waals surface area contributed by atoms with Gasteiger partial charge in [0.05, 0.1) is 28.7 Å². The van der Waals surface area contributed by atoms with Gasteiger partial charge < -0.3 is 9.73 Å². The largest absolute Gasteiger partial charge is 0.469 e. The molecule has 3 rings (SSSR count). The summed E-state index contributed by atoms with van der Waals surface area (Å²) < 4.78 is 6.28. The lowest BCUT2D eigenvalue weighted by molar-refractivity contribution is 0.461. The molecular formula is C13H12BrClN2O. The van der Waals surface area contributed by atoms with Crippen LogP contribution in [0.15, 0.2) is 33.5 Å². The summed E-state index contributed by atoms with van der Waals surface area (Å²) in [4.78, 5) is 4.12. The van der Waals surface area contributed by atoms with Crippen LogP contribution in [-0.2, 0) is 6.42 Å². The molecule has 94 valence electrons. The summed E-state index contributed by atoms with van der Waals surface area (Å²) in [5.41, 5.74) is 2.22. The number of hydrogen-bond donors (Lipinski definition) is 1. The molecule has 0 amide bonds. The Bertz CT molecular complexity index is 570. The average molecular weight is 328 g/mol. The van der Waals surface area contributed by atoms with Crippen molar-refractivity contribution in [1.29, 1.82) is 0 Å². The molecule has 2 aromatic heterocycles. The van der Waals surface area contributed by atoms with Crippen LogP contribution in [0.4, 0.5) is 5.69 Å². The van der Waals surface area contributed by atoms with Crippen LogP contribution in [0.5, 0.6) is 0 Å².